The van der Waals surface area contributed by atoms with Crippen LogP contribution in [0, 0.1) is 18.3 Å². The molecule has 9 heteroatoms. The summed E-state index contributed by atoms with van der Waals surface area (Å²) in [5, 5.41) is 13.5. The van der Waals surface area contributed by atoms with Crippen LogP contribution in [-0.2, 0) is 16.1 Å². The Morgan fingerprint density at radius 1 is 1.22 bits per heavy atom. The summed E-state index contributed by atoms with van der Waals surface area (Å²) in [6.07, 6.45) is 1.90. The molecule has 1 amide bonds. The second kappa shape index (κ2) is 10.2. The summed E-state index contributed by atoms with van der Waals surface area (Å²) in [5.74, 6) is -0.0774. The lowest BCUT2D eigenvalue weighted by Crippen LogP contribution is -2.32. The van der Waals surface area contributed by atoms with Crippen LogP contribution in [0.1, 0.15) is 16.7 Å². The number of nitrogens with zero attached hydrogens (tertiary/aromatic N) is 4. The van der Waals surface area contributed by atoms with Crippen LogP contribution in [0.5, 0.6) is 0 Å². The lowest BCUT2D eigenvalue weighted by molar-refractivity contribution is -0.119. The topological polar surface area (TPSA) is 91.1 Å². The molecule has 32 heavy (non-hydrogen) atoms. The van der Waals surface area contributed by atoms with Crippen molar-refractivity contribution in [1.82, 2.24) is 9.97 Å². The van der Waals surface area contributed by atoms with Gasteiger partial charge in [0.15, 0.2) is 5.82 Å². The molecule has 0 atom stereocenters. The van der Waals surface area contributed by atoms with E-state index in [9.17, 15) is 4.79 Å². The van der Waals surface area contributed by atoms with Gasteiger partial charge in [-0.3, -0.25) is 9.63 Å². The largest absolute Gasteiger partial charge is 0.324 e. The Morgan fingerprint density at radius 3 is 2.47 bits per heavy atom. The third-order valence-electron chi connectivity index (χ3n) is 4.52. The third-order valence-corrected chi connectivity index (χ3v) is 5.15. The van der Waals surface area contributed by atoms with Gasteiger partial charge in [0.25, 0.3) is 5.91 Å². The average Bonchev–Trinajstić information content (AvgIpc) is 2.77. The predicted octanol–water partition coefficient (Wildman–Crippen LogP) is 5.51. The van der Waals surface area contributed by atoms with Crippen molar-refractivity contribution in [2.45, 2.75) is 13.3 Å². The minimum Gasteiger partial charge on any atom is -0.324 e. The first-order valence-corrected chi connectivity index (χ1v) is 10.2. The quantitative estimate of drug-likeness (QED) is 0.363. The molecule has 1 N–H and O–H groups in total. The van der Waals surface area contributed by atoms with Crippen LogP contribution in [-0.4, -0.2) is 23.0 Å². The van der Waals surface area contributed by atoms with Crippen molar-refractivity contribution in [3.8, 4) is 6.07 Å². The second-order valence-corrected chi connectivity index (χ2v) is 7.53. The lowest BCUT2D eigenvalue weighted by Gasteiger charge is -2.22. The zero-order valence-corrected chi connectivity index (χ0v) is 18.9. The van der Waals surface area contributed by atoms with Gasteiger partial charge < -0.3 is 5.32 Å². The molecule has 3 rings (SSSR count). The Morgan fingerprint density at radius 2 is 1.88 bits per heavy atom. The maximum atomic E-state index is 13.2. The number of amides is 1. The van der Waals surface area contributed by atoms with Crippen LogP contribution in [0.4, 0.5) is 17.5 Å². The number of anilines is 3. The van der Waals surface area contributed by atoms with Crippen LogP contribution >= 0.6 is 23.2 Å². The van der Waals surface area contributed by atoms with E-state index in [0.717, 1.165) is 16.3 Å². The van der Waals surface area contributed by atoms with Crippen molar-refractivity contribution < 1.29 is 9.63 Å². The summed E-state index contributed by atoms with van der Waals surface area (Å²) in [4.78, 5) is 27.2. The van der Waals surface area contributed by atoms with E-state index in [2.05, 4.69) is 27.9 Å². The SMILES string of the molecule is C=C(C(=O)N(OC)c1nc(Nc2ccc(CC#N)cc2)ncc1C)c1c(Cl)cccc1Cl. The summed E-state index contributed by atoms with van der Waals surface area (Å²) < 4.78 is 0. The highest BCUT2D eigenvalue weighted by Crippen LogP contribution is 2.32. The van der Waals surface area contributed by atoms with Gasteiger partial charge in [0.1, 0.15) is 0 Å². The Hall–Kier alpha value is -3.44. The zero-order chi connectivity index (χ0) is 23.3. The van der Waals surface area contributed by atoms with Gasteiger partial charge in [-0.05, 0) is 36.8 Å². The highest BCUT2D eigenvalue weighted by molar-refractivity contribution is 6.41. The number of hydrogen-bond acceptors (Lipinski definition) is 6. The first-order chi connectivity index (χ1) is 15.3. The Bertz CT molecular complexity index is 1190. The molecule has 3 aromatic rings. The minimum atomic E-state index is -0.573. The molecule has 162 valence electrons. The minimum absolute atomic E-state index is 0.0584. The van der Waals surface area contributed by atoms with Crippen molar-refractivity contribution in [2.75, 3.05) is 17.5 Å². The number of carbonyl (C=O) groups excluding carboxylic acids is 1. The number of halogens is 2. The Labute approximate surface area is 195 Å². The molecule has 0 spiro atoms. The van der Waals surface area contributed by atoms with E-state index in [-0.39, 0.29) is 17.3 Å². The van der Waals surface area contributed by atoms with Gasteiger partial charge in [0, 0.05) is 28.6 Å². The number of aryl methyl sites for hydroxylation is 1. The molecule has 0 aliphatic carbocycles. The van der Waals surface area contributed by atoms with Gasteiger partial charge in [0.05, 0.1) is 29.6 Å². The van der Waals surface area contributed by atoms with Crippen molar-refractivity contribution in [3.05, 3.63) is 82.0 Å². The molecule has 1 aromatic heterocycles. The molecule has 0 unspecified atom stereocenters. The standard InChI is InChI=1S/C23H19Cl2N5O2/c1-14-13-27-23(28-17-9-7-16(8-10-17)11-12-26)29-21(14)30(32-3)22(31)15(2)20-18(24)5-4-6-19(20)25/h4-10,13H,2,11H2,1,3H3,(H,27,28,29). The van der Waals surface area contributed by atoms with Crippen LogP contribution in [0.15, 0.2) is 55.2 Å². The Kier molecular flexibility index (Phi) is 7.44. The maximum absolute atomic E-state index is 13.2. The number of rotatable bonds is 7. The fourth-order valence-electron chi connectivity index (χ4n) is 2.91. The summed E-state index contributed by atoms with van der Waals surface area (Å²) in [6.45, 7) is 5.61. The fourth-order valence-corrected chi connectivity index (χ4v) is 3.53. The van der Waals surface area contributed by atoms with Gasteiger partial charge in [-0.1, -0.05) is 48.0 Å². The van der Waals surface area contributed by atoms with E-state index in [0.29, 0.717) is 27.6 Å². The highest BCUT2D eigenvalue weighted by Gasteiger charge is 2.26. The van der Waals surface area contributed by atoms with Crippen LogP contribution in [0.2, 0.25) is 10.0 Å². The molecule has 0 saturated heterocycles. The molecule has 1 heterocycles. The number of aromatic nitrogens is 2. The molecule has 2 aromatic carbocycles. The summed E-state index contributed by atoms with van der Waals surface area (Å²) in [5.41, 5.74) is 2.61. The van der Waals surface area contributed by atoms with Crippen molar-refractivity contribution in [3.63, 3.8) is 0 Å². The van der Waals surface area contributed by atoms with Gasteiger partial charge in [0.2, 0.25) is 5.95 Å². The average molecular weight is 468 g/mol. The highest BCUT2D eigenvalue weighted by atomic mass is 35.5. The third kappa shape index (κ3) is 5.06. The fraction of sp³-hybridized carbons (Fsp3) is 0.130. The first kappa shape index (κ1) is 23.2. The first-order valence-electron chi connectivity index (χ1n) is 9.44. The monoisotopic (exact) mass is 467 g/mol. The van der Waals surface area contributed by atoms with E-state index in [1.807, 2.05) is 24.3 Å². The summed E-state index contributed by atoms with van der Waals surface area (Å²) in [7, 11) is 1.35. The molecule has 0 radical (unpaired) electrons. The molecule has 0 aliphatic heterocycles. The van der Waals surface area contributed by atoms with Gasteiger partial charge in [-0.2, -0.15) is 15.3 Å². The number of benzene rings is 2. The lowest BCUT2D eigenvalue weighted by atomic mass is 10.1. The number of hydrogen-bond donors (Lipinski definition) is 1. The predicted molar refractivity (Wildman–Crippen MR) is 126 cm³/mol. The van der Waals surface area contributed by atoms with E-state index in [1.54, 1.807) is 31.3 Å². The molecule has 0 bridgehead atoms. The number of nitriles is 1. The molecule has 0 aliphatic rings. The summed E-state index contributed by atoms with van der Waals surface area (Å²) in [6, 6.07) is 14.3. The molecule has 0 saturated carbocycles. The van der Waals surface area contributed by atoms with Crippen LogP contribution < -0.4 is 10.4 Å². The second-order valence-electron chi connectivity index (χ2n) is 6.71. The van der Waals surface area contributed by atoms with Crippen LogP contribution in [0.3, 0.4) is 0 Å². The molecule has 7 nitrogen and oxygen atoms in total. The van der Waals surface area contributed by atoms with E-state index in [4.69, 9.17) is 33.3 Å². The van der Waals surface area contributed by atoms with Crippen molar-refractivity contribution in [2.24, 2.45) is 0 Å². The number of carbonyl (C=O) groups is 1. The van der Waals surface area contributed by atoms with E-state index >= 15 is 0 Å². The summed E-state index contributed by atoms with van der Waals surface area (Å²) >= 11 is 12.5. The van der Waals surface area contributed by atoms with Crippen LogP contribution in [0.25, 0.3) is 5.57 Å². The van der Waals surface area contributed by atoms with E-state index in [1.165, 1.54) is 7.11 Å². The van der Waals surface area contributed by atoms with Gasteiger partial charge in [-0.25, -0.2) is 4.98 Å². The number of nitrogens with one attached hydrogen (secondary N) is 1. The Balaban J connectivity index is 1.89. The molecule has 0 fully saturated rings. The molecular weight excluding hydrogens is 449 g/mol. The number of hydroxylamine groups is 1. The molecular formula is C23H19Cl2N5O2. The van der Waals surface area contributed by atoms with Crippen molar-refractivity contribution in [1.29, 1.82) is 5.26 Å². The van der Waals surface area contributed by atoms with Gasteiger partial charge >= 0.3 is 0 Å². The van der Waals surface area contributed by atoms with E-state index < -0.39 is 5.91 Å². The zero-order valence-electron chi connectivity index (χ0n) is 17.4. The smallest absolute Gasteiger partial charge is 0.283 e. The normalized spacial score (nSPS) is 10.3. The maximum Gasteiger partial charge on any atom is 0.283 e. The van der Waals surface area contributed by atoms with Gasteiger partial charge in [-0.15, -0.1) is 0 Å². The van der Waals surface area contributed by atoms with Crippen molar-refractivity contribution >= 4 is 52.1 Å².